The zero-order chi connectivity index (χ0) is 25.9. The summed E-state index contributed by atoms with van der Waals surface area (Å²) < 4.78 is 25.8. The SMILES string of the molecule is Cc1c(N2CCc3cnc(Nc4ccc(NCCN5CCOCC5)c(F)c4)nc3C2)cnc2c1NCCO2. The van der Waals surface area contributed by atoms with Gasteiger partial charge in [-0.15, -0.1) is 0 Å². The van der Waals surface area contributed by atoms with Gasteiger partial charge in [-0.3, -0.25) is 4.90 Å². The molecular formula is C27H33FN8O2. The van der Waals surface area contributed by atoms with E-state index in [1.54, 1.807) is 6.07 Å². The molecule has 0 aliphatic carbocycles. The van der Waals surface area contributed by atoms with E-state index in [-0.39, 0.29) is 5.82 Å². The van der Waals surface area contributed by atoms with E-state index in [1.165, 1.54) is 6.07 Å². The van der Waals surface area contributed by atoms with Crippen LogP contribution in [0.3, 0.4) is 0 Å². The fourth-order valence-electron chi connectivity index (χ4n) is 5.14. The van der Waals surface area contributed by atoms with Crippen molar-refractivity contribution in [2.24, 2.45) is 0 Å². The molecule has 0 radical (unpaired) electrons. The number of anilines is 5. The summed E-state index contributed by atoms with van der Waals surface area (Å²) in [5.74, 6) is 0.803. The number of nitrogens with one attached hydrogen (secondary N) is 3. The fourth-order valence-corrected chi connectivity index (χ4v) is 5.14. The number of fused-ring (bicyclic) bond motifs is 2. The fraction of sp³-hybridized carbons (Fsp3) is 0.444. The zero-order valence-corrected chi connectivity index (χ0v) is 21.6. The lowest BCUT2D eigenvalue weighted by atomic mass is 10.0. The molecule has 2 aromatic heterocycles. The highest BCUT2D eigenvalue weighted by atomic mass is 19.1. The van der Waals surface area contributed by atoms with Crippen LogP contribution >= 0.6 is 0 Å². The van der Waals surface area contributed by atoms with E-state index < -0.39 is 0 Å². The molecule has 3 aliphatic heterocycles. The van der Waals surface area contributed by atoms with E-state index in [0.29, 0.717) is 42.9 Å². The molecule has 3 aromatic rings. The Balaban J connectivity index is 1.10. The largest absolute Gasteiger partial charge is 0.474 e. The molecule has 11 heteroatoms. The summed E-state index contributed by atoms with van der Waals surface area (Å²) in [6, 6.07) is 5.07. The van der Waals surface area contributed by atoms with Crippen molar-refractivity contribution in [3.8, 4) is 5.88 Å². The van der Waals surface area contributed by atoms with Gasteiger partial charge >= 0.3 is 0 Å². The number of pyridine rings is 1. The Bertz CT molecular complexity index is 1300. The summed E-state index contributed by atoms with van der Waals surface area (Å²) >= 11 is 0. The third-order valence-electron chi connectivity index (χ3n) is 7.28. The highest BCUT2D eigenvalue weighted by Crippen LogP contribution is 2.36. The number of hydrogen-bond donors (Lipinski definition) is 3. The van der Waals surface area contributed by atoms with Crippen LogP contribution < -0.4 is 25.6 Å². The summed E-state index contributed by atoms with van der Waals surface area (Å²) in [4.78, 5) is 18.4. The maximum absolute atomic E-state index is 14.8. The smallest absolute Gasteiger partial charge is 0.237 e. The summed E-state index contributed by atoms with van der Waals surface area (Å²) in [5, 5.41) is 9.77. The van der Waals surface area contributed by atoms with Crippen LogP contribution in [0.5, 0.6) is 5.88 Å². The first kappa shape index (κ1) is 24.6. The molecule has 6 rings (SSSR count). The van der Waals surface area contributed by atoms with Crippen molar-refractivity contribution in [3.05, 3.63) is 53.2 Å². The highest BCUT2D eigenvalue weighted by molar-refractivity contribution is 5.70. The van der Waals surface area contributed by atoms with Gasteiger partial charge < -0.3 is 30.3 Å². The number of nitrogens with zero attached hydrogens (tertiary/aromatic N) is 5. The second-order valence-corrected chi connectivity index (χ2v) is 9.76. The van der Waals surface area contributed by atoms with Crippen molar-refractivity contribution in [1.82, 2.24) is 19.9 Å². The predicted molar refractivity (Wildman–Crippen MR) is 145 cm³/mol. The van der Waals surface area contributed by atoms with Gasteiger partial charge in [0.15, 0.2) is 0 Å². The molecule has 0 spiro atoms. The average molecular weight is 521 g/mol. The first-order valence-electron chi connectivity index (χ1n) is 13.2. The summed E-state index contributed by atoms with van der Waals surface area (Å²) in [6.45, 7) is 9.89. The molecule has 0 unspecified atom stereocenters. The zero-order valence-electron chi connectivity index (χ0n) is 21.6. The number of morpholine rings is 1. The van der Waals surface area contributed by atoms with Gasteiger partial charge in [-0.25, -0.2) is 19.3 Å². The number of hydrogen-bond acceptors (Lipinski definition) is 10. The molecule has 1 fully saturated rings. The summed E-state index contributed by atoms with van der Waals surface area (Å²) in [6.07, 6.45) is 4.59. The first-order valence-corrected chi connectivity index (χ1v) is 13.2. The van der Waals surface area contributed by atoms with E-state index >= 15 is 0 Å². The number of rotatable bonds is 7. The van der Waals surface area contributed by atoms with Crippen molar-refractivity contribution in [2.75, 3.05) is 79.9 Å². The van der Waals surface area contributed by atoms with Gasteiger partial charge in [0.25, 0.3) is 0 Å². The molecule has 1 aromatic carbocycles. The van der Waals surface area contributed by atoms with E-state index in [2.05, 4.69) is 42.6 Å². The quantitative estimate of drug-likeness (QED) is 0.431. The van der Waals surface area contributed by atoms with Crippen LogP contribution in [0.25, 0.3) is 0 Å². The lowest BCUT2D eigenvalue weighted by Crippen LogP contribution is -2.39. The van der Waals surface area contributed by atoms with Crippen LogP contribution in [0, 0.1) is 12.7 Å². The van der Waals surface area contributed by atoms with Gasteiger partial charge in [0.1, 0.15) is 18.1 Å². The standard InChI is InChI=1S/C27H33FN8O2/c1-18-24(16-31-26-25(18)30-6-11-38-26)36-7-4-19-15-32-27(34-23(19)17-36)33-20-2-3-22(21(28)14-20)29-5-8-35-9-12-37-13-10-35/h2-3,14-16,29-30H,4-13,17H2,1H3,(H,32,33,34). The first-order chi connectivity index (χ1) is 18.6. The predicted octanol–water partition coefficient (Wildman–Crippen LogP) is 3.17. The average Bonchev–Trinajstić information content (AvgIpc) is 2.95. The molecular weight excluding hydrogens is 487 g/mol. The van der Waals surface area contributed by atoms with Gasteiger partial charge in [-0.05, 0) is 37.1 Å². The molecule has 0 amide bonds. The van der Waals surface area contributed by atoms with Gasteiger partial charge in [0.2, 0.25) is 11.8 Å². The minimum absolute atomic E-state index is 0.311. The van der Waals surface area contributed by atoms with Gasteiger partial charge in [-0.2, -0.15) is 0 Å². The maximum Gasteiger partial charge on any atom is 0.237 e. The Labute approximate surface area is 221 Å². The lowest BCUT2D eigenvalue weighted by molar-refractivity contribution is 0.0398. The van der Waals surface area contributed by atoms with Crippen LogP contribution in [0.15, 0.2) is 30.6 Å². The topological polar surface area (TPSA) is 99.7 Å². The van der Waals surface area contributed by atoms with Gasteiger partial charge in [0, 0.05) is 56.7 Å². The summed E-state index contributed by atoms with van der Waals surface area (Å²) in [5.41, 5.74) is 6.33. The van der Waals surface area contributed by atoms with E-state index in [4.69, 9.17) is 14.5 Å². The van der Waals surface area contributed by atoms with Crippen LogP contribution in [0.2, 0.25) is 0 Å². The van der Waals surface area contributed by atoms with Crippen molar-refractivity contribution in [1.29, 1.82) is 0 Å². The number of halogens is 1. The van der Waals surface area contributed by atoms with Crippen LogP contribution in [0.1, 0.15) is 16.8 Å². The van der Waals surface area contributed by atoms with Crippen molar-refractivity contribution < 1.29 is 13.9 Å². The van der Waals surface area contributed by atoms with Crippen molar-refractivity contribution in [3.63, 3.8) is 0 Å². The molecule has 3 aliphatic rings. The Kier molecular flexibility index (Phi) is 7.10. The molecule has 1 saturated heterocycles. The third-order valence-corrected chi connectivity index (χ3v) is 7.28. The molecule has 200 valence electrons. The molecule has 5 heterocycles. The monoisotopic (exact) mass is 520 g/mol. The molecule has 3 N–H and O–H groups in total. The molecule has 10 nitrogen and oxygen atoms in total. The summed E-state index contributed by atoms with van der Waals surface area (Å²) in [7, 11) is 0. The second kappa shape index (κ2) is 11.0. The minimum atomic E-state index is -0.311. The molecule has 0 saturated carbocycles. The van der Waals surface area contributed by atoms with E-state index in [0.717, 1.165) is 80.6 Å². The van der Waals surface area contributed by atoms with Crippen molar-refractivity contribution >= 4 is 28.7 Å². The molecule has 38 heavy (non-hydrogen) atoms. The normalized spacial score (nSPS) is 17.2. The van der Waals surface area contributed by atoms with E-state index in [1.807, 2.05) is 18.5 Å². The second-order valence-electron chi connectivity index (χ2n) is 9.76. The minimum Gasteiger partial charge on any atom is -0.474 e. The van der Waals surface area contributed by atoms with Crippen LogP contribution in [-0.2, 0) is 17.7 Å². The Morgan fingerprint density at radius 3 is 2.87 bits per heavy atom. The van der Waals surface area contributed by atoms with Crippen molar-refractivity contribution in [2.45, 2.75) is 19.9 Å². The Morgan fingerprint density at radius 1 is 1.11 bits per heavy atom. The number of benzene rings is 1. The van der Waals surface area contributed by atoms with E-state index in [9.17, 15) is 4.39 Å². The molecule has 0 bridgehead atoms. The molecule has 0 atom stereocenters. The lowest BCUT2D eigenvalue weighted by Gasteiger charge is -2.32. The van der Waals surface area contributed by atoms with Gasteiger partial charge in [-0.1, -0.05) is 0 Å². The highest BCUT2D eigenvalue weighted by Gasteiger charge is 2.24. The Hall–Kier alpha value is -3.70. The number of aromatic nitrogens is 3. The maximum atomic E-state index is 14.8. The van der Waals surface area contributed by atoms with Crippen LogP contribution in [0.4, 0.5) is 33.1 Å². The Morgan fingerprint density at radius 2 is 2.00 bits per heavy atom. The number of ether oxygens (including phenoxy) is 2. The van der Waals surface area contributed by atoms with Crippen LogP contribution in [-0.4, -0.2) is 78.9 Å². The third kappa shape index (κ3) is 5.30. The van der Waals surface area contributed by atoms with Gasteiger partial charge in [0.05, 0.1) is 43.0 Å².